The van der Waals surface area contributed by atoms with Gasteiger partial charge in [-0.2, -0.15) is 0 Å². The van der Waals surface area contributed by atoms with Crippen molar-refractivity contribution in [2.45, 2.75) is 37.6 Å². The minimum Gasteiger partial charge on any atom is -0.453 e. The first kappa shape index (κ1) is 28.3. The van der Waals surface area contributed by atoms with Gasteiger partial charge < -0.3 is 14.9 Å². The van der Waals surface area contributed by atoms with Gasteiger partial charge in [-0.25, -0.2) is 13.6 Å². The zero-order valence-electron chi connectivity index (χ0n) is 22.2. The van der Waals surface area contributed by atoms with Crippen LogP contribution in [-0.2, 0) is 14.4 Å². The van der Waals surface area contributed by atoms with Gasteiger partial charge in [0.15, 0.2) is 5.82 Å². The highest BCUT2D eigenvalue weighted by atomic mass is 35.5. The van der Waals surface area contributed by atoms with E-state index in [1.54, 1.807) is 18.2 Å². The summed E-state index contributed by atoms with van der Waals surface area (Å²) in [5, 5.41) is 5.43. The van der Waals surface area contributed by atoms with Gasteiger partial charge in [-0.3, -0.25) is 10.1 Å². The lowest BCUT2D eigenvalue weighted by molar-refractivity contribution is -0.116. The van der Waals surface area contributed by atoms with E-state index < -0.39 is 17.7 Å². The number of anilines is 2. The number of hydrogen-bond acceptors (Lipinski definition) is 5. The molecule has 0 saturated heterocycles. The van der Waals surface area contributed by atoms with Crippen molar-refractivity contribution in [2.75, 3.05) is 17.7 Å². The zero-order chi connectivity index (χ0) is 28.9. The van der Waals surface area contributed by atoms with Crippen LogP contribution in [0.5, 0.6) is 0 Å². The Kier molecular flexibility index (Phi) is 8.66. The fourth-order valence-corrected chi connectivity index (χ4v) is 5.27. The quantitative estimate of drug-likeness (QED) is 0.279. The fourth-order valence-electron chi connectivity index (χ4n) is 5.11. The smallest absolute Gasteiger partial charge is 0.411 e. The first-order valence-corrected chi connectivity index (χ1v) is 13.5. The molecule has 0 fully saturated rings. The van der Waals surface area contributed by atoms with E-state index in [9.17, 15) is 18.4 Å². The van der Waals surface area contributed by atoms with Gasteiger partial charge in [-0.1, -0.05) is 60.5 Å². The Morgan fingerprint density at radius 2 is 1.98 bits per heavy atom. The van der Waals surface area contributed by atoms with E-state index in [2.05, 4.69) is 26.9 Å². The molecule has 2 bridgehead atoms. The van der Waals surface area contributed by atoms with Gasteiger partial charge in [0.2, 0.25) is 5.91 Å². The minimum absolute atomic E-state index is 0.0841. The van der Waals surface area contributed by atoms with Gasteiger partial charge in [0.25, 0.3) is 0 Å². The number of carbonyl (C=O) groups excluding carboxylic acids is 2. The van der Waals surface area contributed by atoms with Crippen molar-refractivity contribution in [3.05, 3.63) is 101 Å². The van der Waals surface area contributed by atoms with E-state index in [0.717, 1.165) is 35.6 Å². The second kappa shape index (κ2) is 12.5. The Labute approximate surface area is 241 Å². The molecule has 212 valence electrons. The highest BCUT2D eigenvalue weighted by Gasteiger charge is 2.26. The van der Waals surface area contributed by atoms with Crippen LogP contribution in [0.1, 0.15) is 42.7 Å². The molecule has 0 spiro atoms. The van der Waals surface area contributed by atoms with Crippen LogP contribution in [0, 0.1) is 11.6 Å². The topological polar surface area (TPSA) is 88.7 Å². The van der Waals surface area contributed by atoms with Crippen molar-refractivity contribution in [1.29, 1.82) is 0 Å². The summed E-state index contributed by atoms with van der Waals surface area (Å²) in [5.41, 5.74) is 6.68. The van der Waals surface area contributed by atoms with Crippen molar-refractivity contribution in [1.82, 2.24) is 5.48 Å². The number of ether oxygens (including phenoxy) is 1. The summed E-state index contributed by atoms with van der Waals surface area (Å²) in [7, 11) is 1.28. The maximum Gasteiger partial charge on any atom is 0.411 e. The molecule has 0 radical (unpaired) electrons. The van der Waals surface area contributed by atoms with Crippen LogP contribution >= 0.6 is 11.6 Å². The molecule has 2 aliphatic rings. The van der Waals surface area contributed by atoms with E-state index in [4.69, 9.17) is 16.4 Å². The van der Waals surface area contributed by atoms with E-state index in [1.165, 1.54) is 19.4 Å². The molecule has 2 unspecified atom stereocenters. The van der Waals surface area contributed by atoms with Gasteiger partial charge >= 0.3 is 6.09 Å². The highest BCUT2D eigenvalue weighted by Crippen LogP contribution is 2.37. The number of amides is 2. The Bertz CT molecular complexity index is 1540. The van der Waals surface area contributed by atoms with E-state index in [-0.39, 0.29) is 34.0 Å². The number of carbonyl (C=O) groups is 2. The van der Waals surface area contributed by atoms with Gasteiger partial charge in [0.05, 0.1) is 29.4 Å². The molecule has 2 heterocycles. The lowest BCUT2D eigenvalue weighted by Crippen LogP contribution is -2.32. The van der Waals surface area contributed by atoms with Crippen molar-refractivity contribution < 1.29 is 27.9 Å². The van der Waals surface area contributed by atoms with Crippen molar-refractivity contribution in [2.24, 2.45) is 0 Å². The molecule has 2 amide bonds. The van der Waals surface area contributed by atoms with Crippen LogP contribution in [0.4, 0.5) is 25.0 Å². The van der Waals surface area contributed by atoms with E-state index in [0.29, 0.717) is 24.2 Å². The maximum atomic E-state index is 14.7. The lowest BCUT2D eigenvalue weighted by Gasteiger charge is -2.26. The first-order chi connectivity index (χ1) is 19.8. The normalized spacial score (nSPS) is 18.8. The second-order valence-electron chi connectivity index (χ2n) is 9.81. The van der Waals surface area contributed by atoms with Gasteiger partial charge in [-0.05, 0) is 48.2 Å². The highest BCUT2D eigenvalue weighted by molar-refractivity contribution is 6.31. The molecule has 3 N–H and O–H groups in total. The summed E-state index contributed by atoms with van der Waals surface area (Å²) >= 11 is 5.90. The van der Waals surface area contributed by atoms with Gasteiger partial charge in [0.1, 0.15) is 12.1 Å². The van der Waals surface area contributed by atoms with E-state index in [1.807, 2.05) is 30.3 Å². The predicted molar refractivity (Wildman–Crippen MR) is 154 cm³/mol. The summed E-state index contributed by atoms with van der Waals surface area (Å²) in [5.74, 6) is -1.82. The minimum atomic E-state index is -0.856. The molecule has 41 heavy (non-hydrogen) atoms. The van der Waals surface area contributed by atoms with Crippen LogP contribution in [0.15, 0.2) is 73.0 Å². The number of rotatable bonds is 3. The SMILES string of the molecule is COC(=O)Nc1ccc2c(c1)NC(=O)CCCCC(C1C=CC(c3c(F)ccc(Cl)c3F)=CON1)c1cccc-2c1. The van der Waals surface area contributed by atoms with Crippen LogP contribution in [0.3, 0.4) is 0 Å². The molecular weight excluding hydrogens is 552 g/mol. The molecule has 0 aromatic heterocycles. The molecule has 7 nitrogen and oxygen atoms in total. The summed E-state index contributed by atoms with van der Waals surface area (Å²) in [6, 6.07) is 15.2. The number of nitrogens with one attached hydrogen (secondary N) is 3. The summed E-state index contributed by atoms with van der Waals surface area (Å²) in [6.45, 7) is 0. The predicted octanol–water partition coefficient (Wildman–Crippen LogP) is 7.56. The van der Waals surface area contributed by atoms with E-state index >= 15 is 0 Å². The first-order valence-electron chi connectivity index (χ1n) is 13.2. The molecule has 0 aliphatic carbocycles. The van der Waals surface area contributed by atoms with Gasteiger partial charge in [-0.15, -0.1) is 5.48 Å². The Morgan fingerprint density at radius 3 is 2.80 bits per heavy atom. The largest absolute Gasteiger partial charge is 0.453 e. The number of benzene rings is 3. The number of allylic oxidation sites excluding steroid dienone is 2. The second-order valence-corrected chi connectivity index (χ2v) is 10.2. The monoisotopic (exact) mass is 579 g/mol. The maximum absolute atomic E-state index is 14.7. The number of hydroxylamine groups is 1. The van der Waals surface area contributed by atoms with Crippen molar-refractivity contribution >= 4 is 40.5 Å². The number of fused-ring (bicyclic) bond motifs is 4. The zero-order valence-corrected chi connectivity index (χ0v) is 22.9. The summed E-state index contributed by atoms with van der Waals surface area (Å²) in [4.78, 5) is 30.1. The van der Waals surface area contributed by atoms with Crippen LogP contribution in [0.2, 0.25) is 5.02 Å². The molecular formula is C31H28ClF2N3O4. The third-order valence-electron chi connectivity index (χ3n) is 7.16. The van der Waals surface area contributed by atoms with Gasteiger partial charge in [0, 0.05) is 29.2 Å². The third kappa shape index (κ3) is 6.42. The van der Waals surface area contributed by atoms with Crippen molar-refractivity contribution in [3.8, 4) is 11.1 Å². The summed E-state index contributed by atoms with van der Waals surface area (Å²) in [6.07, 6.45) is 6.55. The molecule has 3 aromatic rings. The molecule has 3 aromatic carbocycles. The third-order valence-corrected chi connectivity index (χ3v) is 7.45. The van der Waals surface area contributed by atoms with Crippen LogP contribution < -0.4 is 16.1 Å². The Balaban J connectivity index is 1.49. The lowest BCUT2D eigenvalue weighted by atomic mass is 9.84. The molecule has 5 rings (SSSR count). The van der Waals surface area contributed by atoms with Crippen LogP contribution in [0.25, 0.3) is 16.7 Å². The fraction of sp³-hybridized carbons (Fsp3) is 0.226. The average molecular weight is 580 g/mol. The van der Waals surface area contributed by atoms with Crippen molar-refractivity contribution in [3.63, 3.8) is 0 Å². The standard InChI is InChI=1S/C31H28ClF2N3O4/c1-40-31(39)35-21-10-11-23-19-6-4-5-18(15-19)22(7-2-3-8-28(38)36-27(23)16-21)26-14-9-20(17-41-37-26)29-25(33)13-12-24(32)30(29)34/h4-6,9-17,22,26,37H,2-3,7-8H2,1H3,(H,35,39)(H,36,38). The summed E-state index contributed by atoms with van der Waals surface area (Å²) < 4.78 is 33.9. The number of hydrogen-bond donors (Lipinski definition) is 3. The molecule has 10 heteroatoms. The Morgan fingerprint density at radius 1 is 1.12 bits per heavy atom. The molecule has 0 saturated carbocycles. The number of halogens is 3. The number of methoxy groups -OCH3 is 1. The molecule has 2 aliphatic heterocycles. The Hall–Kier alpha value is -4.21. The average Bonchev–Trinajstić information content (AvgIpc) is 3.21. The van der Waals surface area contributed by atoms with Crippen LogP contribution in [-0.4, -0.2) is 25.2 Å². The molecule has 2 atom stereocenters.